The molecule has 29 heavy (non-hydrogen) atoms. The zero-order valence-electron chi connectivity index (χ0n) is 15.3. The van der Waals surface area contributed by atoms with Crippen molar-refractivity contribution in [3.63, 3.8) is 0 Å². The summed E-state index contributed by atoms with van der Waals surface area (Å²) in [6.45, 7) is 14.8. The highest BCUT2D eigenvalue weighted by Gasteiger charge is 2.17. The summed E-state index contributed by atoms with van der Waals surface area (Å²) in [6.07, 6.45) is 3.29. The summed E-state index contributed by atoms with van der Waals surface area (Å²) in [5.74, 6) is 0.284. The Morgan fingerprint density at radius 3 is 2.66 bits per heavy atom. The summed E-state index contributed by atoms with van der Waals surface area (Å²) in [6, 6.07) is 10.5. The highest BCUT2D eigenvalue weighted by molar-refractivity contribution is 9.10. The lowest BCUT2D eigenvalue weighted by molar-refractivity contribution is 0.0928. The minimum atomic E-state index is -0.268. The van der Waals surface area contributed by atoms with E-state index in [1.54, 1.807) is 36.5 Å². The molecule has 0 amide bonds. The first-order valence-corrected chi connectivity index (χ1v) is 9.00. The third kappa shape index (κ3) is 4.33. The van der Waals surface area contributed by atoms with E-state index >= 15 is 0 Å². The van der Waals surface area contributed by atoms with Gasteiger partial charge in [-0.15, -0.1) is 12.4 Å². The van der Waals surface area contributed by atoms with E-state index in [1.807, 2.05) is 12.1 Å². The molecule has 0 spiro atoms. The van der Waals surface area contributed by atoms with Gasteiger partial charge in [-0.2, -0.15) is 0 Å². The Labute approximate surface area is 182 Å². The van der Waals surface area contributed by atoms with Gasteiger partial charge >= 0.3 is 0 Å². The van der Waals surface area contributed by atoms with Gasteiger partial charge in [0, 0.05) is 16.2 Å². The third-order valence-electron chi connectivity index (χ3n) is 4.24. The fraction of sp³-hybridized carbons (Fsp3) is 0.0952. The Morgan fingerprint density at radius 1 is 1.28 bits per heavy atom. The standard InChI is InChI=1S/C21H15BrN4O2.ClH/c1-24-15-5-7-20(28-3)13(8-15)9-18(25-2)17-12-26(21(27)11-23)19-6-4-14(22)10-16(17)19;/h4-10,12H,11,23H2,3H3;1H/b18-9-;. The van der Waals surface area contributed by atoms with Crippen LogP contribution in [0.15, 0.2) is 47.1 Å². The summed E-state index contributed by atoms with van der Waals surface area (Å²) >= 11 is 3.44. The lowest BCUT2D eigenvalue weighted by atomic mass is 10.1. The van der Waals surface area contributed by atoms with Crippen LogP contribution in [0.4, 0.5) is 5.69 Å². The molecule has 1 heterocycles. The fourth-order valence-corrected chi connectivity index (χ4v) is 3.29. The quantitative estimate of drug-likeness (QED) is 0.518. The molecular formula is C21H16BrClN4O2. The number of carbonyl (C=O) groups excluding carboxylic acids is 1. The van der Waals surface area contributed by atoms with Crippen molar-refractivity contribution in [2.45, 2.75) is 0 Å². The fourth-order valence-electron chi connectivity index (χ4n) is 2.93. The van der Waals surface area contributed by atoms with Crippen LogP contribution >= 0.6 is 28.3 Å². The lowest BCUT2D eigenvalue weighted by Gasteiger charge is -2.06. The van der Waals surface area contributed by atoms with Gasteiger partial charge in [-0.3, -0.25) is 9.36 Å². The van der Waals surface area contributed by atoms with Gasteiger partial charge in [0.1, 0.15) is 5.75 Å². The molecule has 0 saturated carbocycles. The monoisotopic (exact) mass is 470 g/mol. The van der Waals surface area contributed by atoms with Crippen LogP contribution in [0.25, 0.3) is 32.4 Å². The van der Waals surface area contributed by atoms with Gasteiger partial charge < -0.3 is 10.5 Å². The van der Waals surface area contributed by atoms with E-state index in [1.165, 1.54) is 11.7 Å². The number of rotatable bonds is 4. The van der Waals surface area contributed by atoms with Gasteiger partial charge in [0.25, 0.3) is 0 Å². The average molecular weight is 472 g/mol. The van der Waals surface area contributed by atoms with Crippen molar-refractivity contribution in [2.24, 2.45) is 5.73 Å². The average Bonchev–Trinajstić information content (AvgIpc) is 3.09. The number of ether oxygens (including phenoxy) is 1. The van der Waals surface area contributed by atoms with Gasteiger partial charge in [0.15, 0.2) is 11.4 Å². The van der Waals surface area contributed by atoms with Gasteiger partial charge in [-0.1, -0.05) is 22.0 Å². The maximum Gasteiger partial charge on any atom is 0.244 e. The zero-order valence-corrected chi connectivity index (χ0v) is 17.8. The van der Waals surface area contributed by atoms with Gasteiger partial charge in [-0.05, 0) is 47.4 Å². The predicted molar refractivity (Wildman–Crippen MR) is 120 cm³/mol. The van der Waals surface area contributed by atoms with Crippen molar-refractivity contribution in [3.8, 4) is 5.75 Å². The molecule has 6 nitrogen and oxygen atoms in total. The Balaban J connectivity index is 0.00000300. The molecule has 0 aliphatic carbocycles. The number of halogens is 2. The first-order chi connectivity index (χ1) is 13.5. The Morgan fingerprint density at radius 2 is 2.03 bits per heavy atom. The normalized spacial score (nSPS) is 10.7. The molecule has 0 bridgehead atoms. The number of aromatic nitrogens is 1. The van der Waals surface area contributed by atoms with Gasteiger partial charge in [0.05, 0.1) is 32.3 Å². The first kappa shape index (κ1) is 22.2. The van der Waals surface area contributed by atoms with Crippen LogP contribution in [0.2, 0.25) is 0 Å². The molecule has 3 rings (SSSR count). The number of methoxy groups -OCH3 is 1. The van der Waals surface area contributed by atoms with Crippen LogP contribution in [-0.2, 0) is 0 Å². The van der Waals surface area contributed by atoms with E-state index < -0.39 is 0 Å². The molecule has 0 aliphatic rings. The van der Waals surface area contributed by atoms with Crippen LogP contribution in [-0.4, -0.2) is 24.1 Å². The SMILES string of the molecule is Cl.[C-]#[N+]/C(=C\c1cc([N+]#[C-])ccc1OC)c1cn(C(=O)CN)c2ccc(Br)cc12. The van der Waals surface area contributed by atoms with Crippen molar-refractivity contribution < 1.29 is 9.53 Å². The molecule has 3 aromatic rings. The first-order valence-electron chi connectivity index (χ1n) is 8.21. The van der Waals surface area contributed by atoms with Gasteiger partial charge in [-0.25, -0.2) is 9.69 Å². The third-order valence-corrected chi connectivity index (χ3v) is 4.73. The number of fused-ring (bicyclic) bond motifs is 1. The lowest BCUT2D eigenvalue weighted by Crippen LogP contribution is -2.20. The van der Waals surface area contributed by atoms with Crippen LogP contribution in [0.3, 0.4) is 0 Å². The van der Waals surface area contributed by atoms with Crippen molar-refractivity contribution in [3.05, 3.63) is 81.0 Å². The maximum absolute atomic E-state index is 12.3. The van der Waals surface area contributed by atoms with Crippen LogP contribution in [0.5, 0.6) is 5.75 Å². The number of nitrogens with zero attached hydrogens (tertiary/aromatic N) is 3. The molecule has 146 valence electrons. The van der Waals surface area contributed by atoms with E-state index in [9.17, 15) is 4.79 Å². The molecule has 2 aromatic carbocycles. The van der Waals surface area contributed by atoms with Crippen LogP contribution in [0, 0.1) is 13.1 Å². The Hall–Kier alpha value is -3.10. The van der Waals surface area contributed by atoms with E-state index in [4.69, 9.17) is 23.6 Å². The molecule has 0 unspecified atom stereocenters. The molecule has 0 fully saturated rings. The minimum absolute atomic E-state index is 0. The Bertz CT molecular complexity index is 1200. The maximum atomic E-state index is 12.3. The molecule has 0 atom stereocenters. The highest BCUT2D eigenvalue weighted by Crippen LogP contribution is 2.34. The van der Waals surface area contributed by atoms with Crippen LogP contribution < -0.4 is 10.5 Å². The number of benzene rings is 2. The second kappa shape index (κ2) is 9.40. The number of carbonyl (C=O) groups is 1. The smallest absolute Gasteiger partial charge is 0.244 e. The summed E-state index contributed by atoms with van der Waals surface area (Å²) in [7, 11) is 1.53. The number of hydrogen-bond acceptors (Lipinski definition) is 3. The molecule has 0 aliphatic heterocycles. The van der Waals surface area contributed by atoms with E-state index in [0.717, 1.165) is 9.86 Å². The zero-order chi connectivity index (χ0) is 20.3. The summed E-state index contributed by atoms with van der Waals surface area (Å²) in [5, 5.41) is 0.749. The molecule has 1 aromatic heterocycles. The minimum Gasteiger partial charge on any atom is -0.496 e. The van der Waals surface area contributed by atoms with Crippen molar-refractivity contribution >= 4 is 62.6 Å². The van der Waals surface area contributed by atoms with Crippen molar-refractivity contribution in [1.82, 2.24) is 4.57 Å². The van der Waals surface area contributed by atoms with E-state index in [-0.39, 0.29) is 24.9 Å². The second-order valence-electron chi connectivity index (χ2n) is 5.85. The van der Waals surface area contributed by atoms with Gasteiger partial charge in [0.2, 0.25) is 5.91 Å². The largest absolute Gasteiger partial charge is 0.496 e. The summed E-state index contributed by atoms with van der Waals surface area (Å²) in [5.41, 5.74) is 8.19. The number of hydrogen-bond donors (Lipinski definition) is 1. The number of nitrogens with two attached hydrogens (primary N) is 1. The molecule has 0 radical (unpaired) electrons. The molecular weight excluding hydrogens is 456 g/mol. The molecule has 8 heteroatoms. The van der Waals surface area contributed by atoms with Crippen molar-refractivity contribution in [2.75, 3.05) is 13.7 Å². The van der Waals surface area contributed by atoms with E-state index in [2.05, 4.69) is 25.6 Å². The predicted octanol–water partition coefficient (Wildman–Crippen LogP) is 5.40. The van der Waals surface area contributed by atoms with Crippen molar-refractivity contribution in [1.29, 1.82) is 0 Å². The van der Waals surface area contributed by atoms with E-state index in [0.29, 0.717) is 33.8 Å². The summed E-state index contributed by atoms with van der Waals surface area (Å²) in [4.78, 5) is 19.4. The second-order valence-corrected chi connectivity index (χ2v) is 6.77. The van der Waals surface area contributed by atoms with Crippen LogP contribution in [0.1, 0.15) is 15.9 Å². The molecule has 2 N–H and O–H groups in total. The Kier molecular flexibility index (Phi) is 7.19. The molecule has 0 saturated heterocycles. The topological polar surface area (TPSA) is 66.0 Å². The highest BCUT2D eigenvalue weighted by atomic mass is 79.9. The summed E-state index contributed by atoms with van der Waals surface area (Å²) < 4.78 is 7.65.